The molecule has 0 spiro atoms. The third-order valence-corrected chi connectivity index (χ3v) is 5.92. The molecule has 0 bridgehead atoms. The summed E-state index contributed by atoms with van der Waals surface area (Å²) >= 11 is 1.54. The molecule has 2 heterocycles. The van der Waals surface area contributed by atoms with E-state index in [0.29, 0.717) is 17.9 Å². The maximum atomic E-state index is 13.2. The lowest BCUT2D eigenvalue weighted by molar-refractivity contribution is 0.0734. The highest BCUT2D eigenvalue weighted by Gasteiger charge is 2.32. The van der Waals surface area contributed by atoms with Crippen LogP contribution in [0, 0.1) is 0 Å². The zero-order valence-electron chi connectivity index (χ0n) is 17.0. The van der Waals surface area contributed by atoms with E-state index in [1.54, 1.807) is 31.1 Å². The largest absolute Gasteiger partial charge is 0.497 e. The van der Waals surface area contributed by atoms with Crippen molar-refractivity contribution < 1.29 is 19.0 Å². The zero-order chi connectivity index (χ0) is 20.9. The average molecular weight is 425 g/mol. The molecule has 6 nitrogen and oxygen atoms in total. The Bertz CT molecular complexity index is 989. The Hall–Kier alpha value is -3.06. The fraction of sp³-hybridized carbons (Fsp3) is 0.304. The summed E-state index contributed by atoms with van der Waals surface area (Å²) in [6.07, 6.45) is 1.86. The van der Waals surface area contributed by atoms with Gasteiger partial charge in [-0.25, -0.2) is 4.98 Å². The van der Waals surface area contributed by atoms with Crippen LogP contribution in [-0.2, 0) is 6.61 Å². The van der Waals surface area contributed by atoms with Gasteiger partial charge >= 0.3 is 0 Å². The van der Waals surface area contributed by atoms with Gasteiger partial charge in [-0.05, 0) is 49.2 Å². The maximum Gasteiger partial charge on any atom is 0.254 e. The van der Waals surface area contributed by atoms with Gasteiger partial charge in [-0.3, -0.25) is 4.79 Å². The van der Waals surface area contributed by atoms with Crippen molar-refractivity contribution in [3.8, 4) is 17.2 Å². The molecule has 1 saturated heterocycles. The van der Waals surface area contributed by atoms with E-state index in [2.05, 4.69) is 4.98 Å². The number of aromatic nitrogens is 1. The maximum absolute atomic E-state index is 13.2. The minimum atomic E-state index is -0.0149. The second kappa shape index (κ2) is 9.17. The van der Waals surface area contributed by atoms with Gasteiger partial charge in [-0.2, -0.15) is 0 Å². The van der Waals surface area contributed by atoms with E-state index in [1.165, 1.54) is 0 Å². The van der Waals surface area contributed by atoms with Crippen LogP contribution >= 0.6 is 11.3 Å². The van der Waals surface area contributed by atoms with Gasteiger partial charge in [-0.15, -0.1) is 11.3 Å². The number of nitrogens with zero attached hydrogens (tertiary/aromatic N) is 2. The SMILES string of the molecule is COc1ccc([C@@H]2CCCN2C(=O)c2ccc(OCc3cscn3)cc2)c(OC)c1. The van der Waals surface area contributed by atoms with Crippen molar-refractivity contribution in [1.29, 1.82) is 0 Å². The molecule has 0 radical (unpaired) electrons. The molecule has 3 aromatic rings. The van der Waals surface area contributed by atoms with Gasteiger partial charge in [0.05, 0.1) is 31.5 Å². The van der Waals surface area contributed by atoms with Crippen LogP contribution < -0.4 is 14.2 Å². The van der Waals surface area contributed by atoms with Crippen LogP contribution in [0.25, 0.3) is 0 Å². The number of thiazole rings is 1. The normalized spacial score (nSPS) is 15.8. The molecule has 0 aliphatic carbocycles. The van der Waals surface area contributed by atoms with Crippen LogP contribution in [-0.4, -0.2) is 36.6 Å². The molecule has 1 atom stereocenters. The van der Waals surface area contributed by atoms with Crippen LogP contribution in [0.4, 0.5) is 0 Å². The number of amides is 1. The van der Waals surface area contributed by atoms with E-state index < -0.39 is 0 Å². The fourth-order valence-corrected chi connectivity index (χ4v) is 4.30. The van der Waals surface area contributed by atoms with Crippen LogP contribution in [0.3, 0.4) is 0 Å². The predicted molar refractivity (Wildman–Crippen MR) is 115 cm³/mol. The molecular formula is C23H24N2O4S. The number of hydrogen-bond donors (Lipinski definition) is 0. The molecule has 156 valence electrons. The zero-order valence-corrected chi connectivity index (χ0v) is 17.9. The highest BCUT2D eigenvalue weighted by atomic mass is 32.1. The van der Waals surface area contributed by atoms with Gasteiger partial charge < -0.3 is 19.1 Å². The molecule has 30 heavy (non-hydrogen) atoms. The van der Waals surface area contributed by atoms with E-state index in [9.17, 15) is 4.79 Å². The summed E-state index contributed by atoms with van der Waals surface area (Å²) in [4.78, 5) is 19.4. The first-order chi connectivity index (χ1) is 14.7. The third kappa shape index (κ3) is 4.26. The number of likely N-dealkylation sites (tertiary alicyclic amines) is 1. The first-order valence-electron chi connectivity index (χ1n) is 9.82. The molecule has 7 heteroatoms. The lowest BCUT2D eigenvalue weighted by atomic mass is 10.0. The van der Waals surface area contributed by atoms with Gasteiger partial charge in [0.15, 0.2) is 0 Å². The smallest absolute Gasteiger partial charge is 0.254 e. The predicted octanol–water partition coefficient (Wildman–Crippen LogP) is 4.72. The number of carbonyl (C=O) groups is 1. The lowest BCUT2D eigenvalue weighted by Gasteiger charge is -2.26. The number of rotatable bonds is 7. The lowest BCUT2D eigenvalue weighted by Crippen LogP contribution is -2.30. The van der Waals surface area contributed by atoms with Crippen molar-refractivity contribution in [2.75, 3.05) is 20.8 Å². The summed E-state index contributed by atoms with van der Waals surface area (Å²) in [7, 11) is 3.27. The van der Waals surface area contributed by atoms with Crippen molar-refractivity contribution in [3.05, 3.63) is 70.2 Å². The van der Waals surface area contributed by atoms with Gasteiger partial charge in [0, 0.05) is 29.1 Å². The van der Waals surface area contributed by atoms with Gasteiger partial charge in [0.25, 0.3) is 5.91 Å². The minimum Gasteiger partial charge on any atom is -0.497 e. The van der Waals surface area contributed by atoms with E-state index in [4.69, 9.17) is 14.2 Å². The monoisotopic (exact) mass is 424 g/mol. The number of ether oxygens (including phenoxy) is 3. The van der Waals surface area contributed by atoms with Crippen LogP contribution in [0.15, 0.2) is 53.4 Å². The molecule has 1 fully saturated rings. The second-order valence-electron chi connectivity index (χ2n) is 7.06. The highest BCUT2D eigenvalue weighted by Crippen LogP contribution is 2.39. The van der Waals surface area contributed by atoms with Crippen molar-refractivity contribution in [2.45, 2.75) is 25.5 Å². The molecule has 1 amide bonds. The number of carbonyl (C=O) groups excluding carboxylic acids is 1. The number of methoxy groups -OCH3 is 2. The summed E-state index contributed by atoms with van der Waals surface area (Å²) < 4.78 is 16.6. The minimum absolute atomic E-state index is 0.0149. The Morgan fingerprint density at radius 3 is 2.63 bits per heavy atom. The number of benzene rings is 2. The first kappa shape index (κ1) is 20.2. The van der Waals surface area contributed by atoms with Crippen LogP contribution in [0.2, 0.25) is 0 Å². The molecule has 1 aromatic heterocycles. The first-order valence-corrected chi connectivity index (χ1v) is 10.8. The fourth-order valence-electron chi connectivity index (χ4n) is 3.75. The van der Waals surface area contributed by atoms with Crippen molar-refractivity contribution >= 4 is 17.2 Å². The molecule has 1 aliphatic rings. The Kier molecular flexibility index (Phi) is 6.18. The highest BCUT2D eigenvalue weighted by molar-refractivity contribution is 7.07. The Labute approximate surface area is 180 Å². The number of hydrogen-bond acceptors (Lipinski definition) is 6. The molecule has 1 aliphatic heterocycles. The summed E-state index contributed by atoms with van der Waals surface area (Å²) in [6, 6.07) is 13.1. The van der Waals surface area contributed by atoms with Crippen molar-refractivity contribution in [1.82, 2.24) is 9.88 Å². The Balaban J connectivity index is 1.48. The topological polar surface area (TPSA) is 60.9 Å². The van der Waals surface area contributed by atoms with E-state index in [1.807, 2.05) is 52.7 Å². The second-order valence-corrected chi connectivity index (χ2v) is 7.78. The van der Waals surface area contributed by atoms with Gasteiger partial charge in [-0.1, -0.05) is 0 Å². The van der Waals surface area contributed by atoms with Gasteiger partial charge in [0.2, 0.25) is 0 Å². The summed E-state index contributed by atoms with van der Waals surface area (Å²) in [5.41, 5.74) is 4.33. The van der Waals surface area contributed by atoms with E-state index in [-0.39, 0.29) is 11.9 Å². The summed E-state index contributed by atoms with van der Waals surface area (Å²) in [5.74, 6) is 2.21. The Morgan fingerprint density at radius 1 is 1.13 bits per heavy atom. The summed E-state index contributed by atoms with van der Waals surface area (Å²) in [6.45, 7) is 1.14. The molecule has 0 N–H and O–H groups in total. The molecule has 2 aromatic carbocycles. The van der Waals surface area contributed by atoms with Crippen LogP contribution in [0.1, 0.15) is 40.5 Å². The van der Waals surface area contributed by atoms with Crippen LogP contribution in [0.5, 0.6) is 17.2 Å². The van der Waals surface area contributed by atoms with Gasteiger partial charge in [0.1, 0.15) is 23.9 Å². The standard InChI is InChI=1S/C23H24N2O4S/c1-27-19-9-10-20(22(12-19)28-2)21-4-3-11-25(21)23(26)16-5-7-18(8-6-16)29-13-17-14-30-15-24-17/h5-10,12,14-15,21H,3-4,11,13H2,1-2H3/t21-/m0/s1. The van der Waals surface area contributed by atoms with E-state index >= 15 is 0 Å². The van der Waals surface area contributed by atoms with Crippen molar-refractivity contribution in [2.24, 2.45) is 0 Å². The third-order valence-electron chi connectivity index (χ3n) is 5.28. The summed E-state index contributed by atoms with van der Waals surface area (Å²) in [5, 5.41) is 1.96. The quantitative estimate of drug-likeness (QED) is 0.549. The average Bonchev–Trinajstić information content (AvgIpc) is 3.49. The van der Waals surface area contributed by atoms with Crippen molar-refractivity contribution in [3.63, 3.8) is 0 Å². The van der Waals surface area contributed by atoms with E-state index in [0.717, 1.165) is 42.1 Å². The molecular weight excluding hydrogens is 400 g/mol. The Morgan fingerprint density at radius 2 is 1.93 bits per heavy atom. The molecule has 4 rings (SSSR count). The molecule has 0 unspecified atom stereocenters. The molecule has 0 saturated carbocycles.